The molecule has 0 radical (unpaired) electrons. The van der Waals surface area contributed by atoms with Gasteiger partial charge >= 0.3 is 0 Å². The molecule has 1 unspecified atom stereocenters. The van der Waals surface area contributed by atoms with Gasteiger partial charge in [-0.25, -0.2) is 4.98 Å². The van der Waals surface area contributed by atoms with Crippen LogP contribution in [0.15, 0.2) is 36.5 Å². The van der Waals surface area contributed by atoms with Crippen molar-refractivity contribution in [2.75, 3.05) is 26.2 Å². The molecule has 0 bridgehead atoms. The maximum Gasteiger partial charge on any atom is 0.129 e. The minimum absolute atomic E-state index is 0.443. The molecule has 2 heterocycles. The van der Waals surface area contributed by atoms with E-state index in [9.17, 15) is 0 Å². The molecule has 3 rings (SSSR count). The smallest absolute Gasteiger partial charge is 0.129 e. The van der Waals surface area contributed by atoms with Crippen LogP contribution in [0.4, 0.5) is 0 Å². The second-order valence-electron chi connectivity index (χ2n) is 7.79. The summed E-state index contributed by atoms with van der Waals surface area (Å²) < 4.78 is 11.9. The SMILES string of the molecule is CC(C)COc1cc(CNCC2CCNC2)cc(OCc2ccc(Cl)nc2)c1. The monoisotopic (exact) mass is 403 g/mol. The van der Waals surface area contributed by atoms with Crippen LogP contribution in [-0.4, -0.2) is 31.2 Å². The van der Waals surface area contributed by atoms with Gasteiger partial charge in [0.05, 0.1) is 6.61 Å². The number of hydrogen-bond acceptors (Lipinski definition) is 5. The quantitative estimate of drug-likeness (QED) is 0.586. The maximum absolute atomic E-state index is 6.00. The fourth-order valence-electron chi connectivity index (χ4n) is 3.13. The number of halogens is 1. The van der Waals surface area contributed by atoms with Gasteiger partial charge in [-0.2, -0.15) is 0 Å². The molecule has 1 aromatic carbocycles. The highest BCUT2D eigenvalue weighted by Crippen LogP contribution is 2.25. The number of benzene rings is 1. The first-order chi connectivity index (χ1) is 13.6. The number of nitrogens with one attached hydrogen (secondary N) is 2. The third-order valence-corrected chi connectivity index (χ3v) is 4.87. The molecule has 1 atom stereocenters. The lowest BCUT2D eigenvalue weighted by molar-refractivity contribution is 0.265. The topological polar surface area (TPSA) is 55.4 Å². The number of pyridine rings is 1. The fourth-order valence-corrected chi connectivity index (χ4v) is 3.24. The van der Waals surface area contributed by atoms with Crippen LogP contribution < -0.4 is 20.1 Å². The molecule has 5 nitrogen and oxygen atoms in total. The van der Waals surface area contributed by atoms with E-state index < -0.39 is 0 Å². The first-order valence-electron chi connectivity index (χ1n) is 10.00. The van der Waals surface area contributed by atoms with Gasteiger partial charge in [-0.15, -0.1) is 0 Å². The number of nitrogens with zero attached hydrogens (tertiary/aromatic N) is 1. The number of hydrogen-bond donors (Lipinski definition) is 2. The van der Waals surface area contributed by atoms with Crippen LogP contribution in [0.25, 0.3) is 0 Å². The summed E-state index contributed by atoms with van der Waals surface area (Å²) >= 11 is 5.85. The van der Waals surface area contributed by atoms with E-state index in [0.717, 1.165) is 48.8 Å². The van der Waals surface area contributed by atoms with E-state index in [2.05, 4.69) is 41.6 Å². The van der Waals surface area contributed by atoms with Crippen LogP contribution >= 0.6 is 11.6 Å². The van der Waals surface area contributed by atoms with Gasteiger partial charge in [-0.3, -0.25) is 0 Å². The normalized spacial score (nSPS) is 16.5. The molecule has 0 amide bonds. The number of ether oxygens (including phenoxy) is 2. The van der Waals surface area contributed by atoms with Crippen LogP contribution in [-0.2, 0) is 13.2 Å². The molecular weight excluding hydrogens is 374 g/mol. The second-order valence-corrected chi connectivity index (χ2v) is 8.17. The standard InChI is InChI=1S/C22H30ClN3O2/c1-16(2)14-27-20-7-19(12-25-11-17-5-6-24-10-17)8-21(9-20)28-15-18-3-4-22(23)26-13-18/h3-4,7-9,13,16-17,24-25H,5-6,10-12,14-15H2,1-2H3. The molecule has 0 saturated carbocycles. The largest absolute Gasteiger partial charge is 0.493 e. The average Bonchev–Trinajstić information content (AvgIpc) is 3.19. The summed E-state index contributed by atoms with van der Waals surface area (Å²) in [5.41, 5.74) is 2.14. The van der Waals surface area contributed by atoms with Gasteiger partial charge in [-0.1, -0.05) is 31.5 Å². The van der Waals surface area contributed by atoms with E-state index >= 15 is 0 Å². The zero-order valence-corrected chi connectivity index (χ0v) is 17.5. The molecule has 2 aromatic rings. The zero-order valence-electron chi connectivity index (χ0n) is 16.7. The molecule has 1 aliphatic heterocycles. The maximum atomic E-state index is 6.00. The predicted octanol–water partition coefficient (Wildman–Crippen LogP) is 4.05. The van der Waals surface area contributed by atoms with Gasteiger partial charge in [0.25, 0.3) is 0 Å². The minimum atomic E-state index is 0.443. The van der Waals surface area contributed by atoms with Crippen molar-refractivity contribution in [2.24, 2.45) is 11.8 Å². The Morgan fingerprint density at radius 2 is 2.00 bits per heavy atom. The van der Waals surface area contributed by atoms with Gasteiger partial charge < -0.3 is 20.1 Å². The van der Waals surface area contributed by atoms with Crippen LogP contribution in [0.3, 0.4) is 0 Å². The van der Waals surface area contributed by atoms with Crippen molar-refractivity contribution < 1.29 is 9.47 Å². The Labute approximate surface area is 172 Å². The molecule has 1 aromatic heterocycles. The van der Waals surface area contributed by atoms with E-state index in [-0.39, 0.29) is 0 Å². The summed E-state index contributed by atoms with van der Waals surface area (Å²) in [7, 11) is 0. The van der Waals surface area contributed by atoms with Gasteiger partial charge in [-0.05, 0) is 61.7 Å². The second kappa shape index (κ2) is 10.6. The Balaban J connectivity index is 1.62. The molecule has 1 saturated heterocycles. The Kier molecular flexibility index (Phi) is 7.95. The minimum Gasteiger partial charge on any atom is -0.493 e. The predicted molar refractivity (Wildman–Crippen MR) is 113 cm³/mol. The van der Waals surface area contributed by atoms with Crippen LogP contribution in [0, 0.1) is 11.8 Å². The van der Waals surface area contributed by atoms with Gasteiger partial charge in [0.2, 0.25) is 0 Å². The van der Waals surface area contributed by atoms with Crippen molar-refractivity contribution in [1.29, 1.82) is 0 Å². The Morgan fingerprint density at radius 1 is 1.18 bits per heavy atom. The molecule has 0 aliphatic carbocycles. The fraction of sp³-hybridized carbons (Fsp3) is 0.500. The zero-order chi connectivity index (χ0) is 19.8. The third-order valence-electron chi connectivity index (χ3n) is 4.64. The highest BCUT2D eigenvalue weighted by Gasteiger charge is 2.13. The lowest BCUT2D eigenvalue weighted by atomic mass is 10.1. The molecule has 1 fully saturated rings. The van der Waals surface area contributed by atoms with Gasteiger partial charge in [0.15, 0.2) is 0 Å². The van der Waals surface area contributed by atoms with Crippen LogP contribution in [0.5, 0.6) is 11.5 Å². The van der Waals surface area contributed by atoms with Crippen LogP contribution in [0.2, 0.25) is 5.15 Å². The van der Waals surface area contributed by atoms with E-state index in [4.69, 9.17) is 21.1 Å². The van der Waals surface area contributed by atoms with Crippen molar-refractivity contribution in [1.82, 2.24) is 15.6 Å². The van der Waals surface area contributed by atoms with E-state index in [1.165, 1.54) is 6.42 Å². The Bertz CT molecular complexity index is 731. The molecule has 2 N–H and O–H groups in total. The third kappa shape index (κ3) is 6.97. The summed E-state index contributed by atoms with van der Waals surface area (Å²) in [4.78, 5) is 4.10. The lowest BCUT2D eigenvalue weighted by Crippen LogP contribution is -2.24. The summed E-state index contributed by atoms with van der Waals surface area (Å²) in [6.45, 7) is 9.48. The summed E-state index contributed by atoms with van der Waals surface area (Å²) in [5.74, 6) is 2.84. The molecule has 1 aliphatic rings. The molecular formula is C22H30ClN3O2. The Morgan fingerprint density at radius 3 is 2.68 bits per heavy atom. The average molecular weight is 404 g/mol. The number of rotatable bonds is 10. The highest BCUT2D eigenvalue weighted by molar-refractivity contribution is 6.29. The van der Waals surface area contributed by atoms with Gasteiger partial charge in [0, 0.05) is 24.4 Å². The van der Waals surface area contributed by atoms with E-state index in [1.54, 1.807) is 12.3 Å². The van der Waals surface area contributed by atoms with E-state index in [0.29, 0.717) is 30.2 Å². The van der Waals surface area contributed by atoms with Crippen molar-refractivity contribution in [3.05, 3.63) is 52.8 Å². The molecule has 28 heavy (non-hydrogen) atoms. The highest BCUT2D eigenvalue weighted by atomic mass is 35.5. The van der Waals surface area contributed by atoms with Gasteiger partial charge in [0.1, 0.15) is 23.3 Å². The molecule has 0 spiro atoms. The van der Waals surface area contributed by atoms with Crippen LogP contribution in [0.1, 0.15) is 31.4 Å². The first-order valence-corrected chi connectivity index (χ1v) is 10.4. The lowest BCUT2D eigenvalue weighted by Gasteiger charge is -2.15. The van der Waals surface area contributed by atoms with Crippen molar-refractivity contribution in [3.8, 4) is 11.5 Å². The van der Waals surface area contributed by atoms with Crippen molar-refractivity contribution >= 4 is 11.6 Å². The molecule has 152 valence electrons. The summed E-state index contributed by atoms with van der Waals surface area (Å²) in [6, 6.07) is 9.82. The van der Waals surface area contributed by atoms with E-state index in [1.807, 2.05) is 12.1 Å². The first kappa shape index (κ1) is 20.9. The molecule has 6 heteroatoms. The number of aromatic nitrogens is 1. The van der Waals surface area contributed by atoms with Crippen molar-refractivity contribution in [2.45, 2.75) is 33.4 Å². The summed E-state index contributed by atoms with van der Waals surface area (Å²) in [5, 5.41) is 7.46. The van der Waals surface area contributed by atoms with Crippen molar-refractivity contribution in [3.63, 3.8) is 0 Å². The Hall–Kier alpha value is -1.82. The summed E-state index contributed by atoms with van der Waals surface area (Å²) in [6.07, 6.45) is 2.98.